The highest BCUT2D eigenvalue weighted by atomic mass is 19.1. The van der Waals surface area contributed by atoms with Gasteiger partial charge in [-0.15, -0.1) is 0 Å². The molecule has 92 valence electrons. The molecule has 0 saturated carbocycles. The van der Waals surface area contributed by atoms with Crippen molar-refractivity contribution in [2.24, 2.45) is 5.92 Å². The Morgan fingerprint density at radius 1 is 1.35 bits per heavy atom. The molecule has 1 atom stereocenters. The summed E-state index contributed by atoms with van der Waals surface area (Å²) < 4.78 is 23.2. The van der Waals surface area contributed by atoms with Crippen molar-refractivity contribution in [3.05, 3.63) is 29.1 Å². The predicted octanol–water partition coefficient (Wildman–Crippen LogP) is 2.11. The minimum absolute atomic E-state index is 0.153. The largest absolute Gasteiger partial charge is 0.494 e. The summed E-state index contributed by atoms with van der Waals surface area (Å²) in [6.07, 6.45) is 2.04. The molecule has 0 aromatic heterocycles. The first-order valence-corrected chi connectivity index (χ1v) is 5.58. The van der Waals surface area contributed by atoms with E-state index in [2.05, 4.69) is 0 Å². The molecule has 0 saturated heterocycles. The predicted molar refractivity (Wildman–Crippen MR) is 60.5 cm³/mol. The number of hydrogen-bond donors (Lipinski definition) is 0. The van der Waals surface area contributed by atoms with Gasteiger partial charge in [-0.1, -0.05) is 0 Å². The second-order valence-corrected chi connectivity index (χ2v) is 4.22. The first-order valence-electron chi connectivity index (χ1n) is 5.58. The molecule has 0 spiro atoms. The molecule has 0 radical (unpaired) electrons. The number of ether oxygens (including phenoxy) is 2. The Hall–Kier alpha value is -1.58. The van der Waals surface area contributed by atoms with E-state index in [1.807, 2.05) is 0 Å². The Morgan fingerprint density at radius 3 is 2.76 bits per heavy atom. The molecule has 0 heterocycles. The Balaban J connectivity index is 2.27. The molecule has 0 N–H and O–H groups in total. The van der Waals surface area contributed by atoms with Crippen LogP contribution < -0.4 is 4.74 Å². The number of rotatable bonds is 2. The van der Waals surface area contributed by atoms with E-state index in [1.165, 1.54) is 20.3 Å². The van der Waals surface area contributed by atoms with Crippen LogP contribution in [0.15, 0.2) is 12.1 Å². The van der Waals surface area contributed by atoms with E-state index in [-0.39, 0.29) is 23.5 Å². The Kier molecular flexibility index (Phi) is 3.31. The number of hydrogen-bond acceptors (Lipinski definition) is 3. The molecule has 0 unspecified atom stereocenters. The smallest absolute Gasteiger partial charge is 0.309 e. The highest BCUT2D eigenvalue weighted by molar-refractivity contribution is 5.73. The molecule has 17 heavy (non-hydrogen) atoms. The summed E-state index contributed by atoms with van der Waals surface area (Å²) in [5, 5.41) is 0. The van der Waals surface area contributed by atoms with Crippen molar-refractivity contribution in [1.29, 1.82) is 0 Å². The van der Waals surface area contributed by atoms with Gasteiger partial charge in [0.25, 0.3) is 0 Å². The van der Waals surface area contributed by atoms with Crippen LogP contribution in [0.4, 0.5) is 4.39 Å². The van der Waals surface area contributed by atoms with Crippen LogP contribution in [0.1, 0.15) is 17.5 Å². The number of carbonyl (C=O) groups excluding carboxylic acids is 1. The van der Waals surface area contributed by atoms with Crippen LogP contribution in [0.2, 0.25) is 0 Å². The van der Waals surface area contributed by atoms with Gasteiger partial charge in [0.05, 0.1) is 20.1 Å². The number of benzene rings is 1. The van der Waals surface area contributed by atoms with E-state index in [0.29, 0.717) is 6.42 Å². The van der Waals surface area contributed by atoms with E-state index >= 15 is 0 Å². The molecule has 1 aromatic carbocycles. The maximum absolute atomic E-state index is 13.5. The van der Waals surface area contributed by atoms with Crippen molar-refractivity contribution in [3.8, 4) is 5.75 Å². The zero-order valence-corrected chi connectivity index (χ0v) is 9.96. The third-order valence-corrected chi connectivity index (χ3v) is 3.24. The van der Waals surface area contributed by atoms with Gasteiger partial charge in [-0.25, -0.2) is 4.39 Å². The van der Waals surface area contributed by atoms with Crippen molar-refractivity contribution in [2.75, 3.05) is 14.2 Å². The average molecular weight is 238 g/mol. The molecule has 1 aromatic rings. The highest BCUT2D eigenvalue weighted by Crippen LogP contribution is 2.31. The quantitative estimate of drug-likeness (QED) is 0.740. The minimum Gasteiger partial charge on any atom is -0.494 e. The summed E-state index contributed by atoms with van der Waals surface area (Å²) in [7, 11) is 2.83. The van der Waals surface area contributed by atoms with Gasteiger partial charge < -0.3 is 9.47 Å². The van der Waals surface area contributed by atoms with Gasteiger partial charge in [0.2, 0.25) is 0 Å². The standard InChI is InChI=1S/C13H15FO3/c1-16-12-7-8-3-4-9(13(15)17-2)5-10(8)6-11(12)14/h6-7,9H,3-5H2,1-2H3/t9-/m1/s1. The molecule has 0 bridgehead atoms. The molecule has 4 heteroatoms. The van der Waals surface area contributed by atoms with Gasteiger partial charge in [0.15, 0.2) is 11.6 Å². The van der Waals surface area contributed by atoms with Gasteiger partial charge in [0.1, 0.15) is 0 Å². The lowest BCUT2D eigenvalue weighted by Gasteiger charge is -2.23. The van der Waals surface area contributed by atoms with Crippen LogP contribution in [0.5, 0.6) is 5.75 Å². The van der Waals surface area contributed by atoms with Crippen LogP contribution in [0, 0.1) is 11.7 Å². The van der Waals surface area contributed by atoms with Crippen LogP contribution >= 0.6 is 0 Å². The lowest BCUT2D eigenvalue weighted by atomic mass is 9.84. The normalized spacial score (nSPS) is 18.4. The van der Waals surface area contributed by atoms with Crippen LogP contribution in [0.3, 0.4) is 0 Å². The second kappa shape index (κ2) is 4.73. The van der Waals surface area contributed by atoms with Gasteiger partial charge in [-0.05, 0) is 42.5 Å². The van der Waals surface area contributed by atoms with E-state index in [9.17, 15) is 9.18 Å². The number of methoxy groups -OCH3 is 2. The lowest BCUT2D eigenvalue weighted by Crippen LogP contribution is -2.23. The number of aryl methyl sites for hydroxylation is 1. The average Bonchev–Trinajstić information content (AvgIpc) is 2.36. The molecule has 0 amide bonds. The van der Waals surface area contributed by atoms with Crippen LogP contribution in [-0.2, 0) is 22.4 Å². The third kappa shape index (κ3) is 2.25. The first kappa shape index (κ1) is 11.9. The molecular formula is C13H15FO3. The fourth-order valence-corrected chi connectivity index (χ4v) is 2.28. The minimum atomic E-state index is -0.378. The molecule has 0 fully saturated rings. The summed E-state index contributed by atoms with van der Waals surface area (Å²) in [6.45, 7) is 0. The highest BCUT2D eigenvalue weighted by Gasteiger charge is 2.26. The van der Waals surface area contributed by atoms with Gasteiger partial charge in [-0.2, -0.15) is 0 Å². The van der Waals surface area contributed by atoms with E-state index in [0.717, 1.165) is 24.0 Å². The van der Waals surface area contributed by atoms with Gasteiger partial charge >= 0.3 is 5.97 Å². The zero-order valence-electron chi connectivity index (χ0n) is 9.96. The van der Waals surface area contributed by atoms with Crippen molar-refractivity contribution >= 4 is 5.97 Å². The van der Waals surface area contributed by atoms with Gasteiger partial charge in [0, 0.05) is 0 Å². The Bertz CT molecular complexity index is 443. The Labute approximate surface area is 99.5 Å². The SMILES string of the molecule is COC(=O)[C@@H]1CCc2cc(OC)c(F)cc2C1. The first-order chi connectivity index (χ1) is 8.15. The summed E-state index contributed by atoms with van der Waals surface area (Å²) in [6, 6.07) is 3.18. The number of esters is 1. The van der Waals surface area contributed by atoms with E-state index in [1.54, 1.807) is 6.07 Å². The van der Waals surface area contributed by atoms with Crippen molar-refractivity contribution in [1.82, 2.24) is 0 Å². The van der Waals surface area contributed by atoms with Crippen LogP contribution in [0.25, 0.3) is 0 Å². The summed E-state index contributed by atoms with van der Waals surface area (Å²) in [5.74, 6) is -0.482. The second-order valence-electron chi connectivity index (χ2n) is 4.22. The number of fused-ring (bicyclic) bond motifs is 1. The summed E-state index contributed by atoms with van der Waals surface area (Å²) in [5.41, 5.74) is 1.94. The van der Waals surface area contributed by atoms with Crippen molar-refractivity contribution in [3.63, 3.8) is 0 Å². The topological polar surface area (TPSA) is 35.5 Å². The maximum atomic E-state index is 13.5. The lowest BCUT2D eigenvalue weighted by molar-refractivity contribution is -0.145. The molecule has 1 aliphatic rings. The molecule has 0 aliphatic heterocycles. The number of carbonyl (C=O) groups is 1. The molecule has 2 rings (SSSR count). The number of halogens is 1. The zero-order chi connectivity index (χ0) is 12.4. The van der Waals surface area contributed by atoms with E-state index < -0.39 is 0 Å². The Morgan fingerprint density at radius 2 is 2.12 bits per heavy atom. The van der Waals surface area contributed by atoms with Gasteiger partial charge in [-0.3, -0.25) is 4.79 Å². The van der Waals surface area contributed by atoms with Crippen molar-refractivity contribution in [2.45, 2.75) is 19.3 Å². The van der Waals surface area contributed by atoms with Crippen LogP contribution in [-0.4, -0.2) is 20.2 Å². The molecule has 1 aliphatic carbocycles. The summed E-state index contributed by atoms with van der Waals surface area (Å²) in [4.78, 5) is 11.4. The summed E-state index contributed by atoms with van der Waals surface area (Å²) >= 11 is 0. The monoisotopic (exact) mass is 238 g/mol. The maximum Gasteiger partial charge on any atom is 0.309 e. The van der Waals surface area contributed by atoms with Crippen molar-refractivity contribution < 1.29 is 18.7 Å². The fraction of sp³-hybridized carbons (Fsp3) is 0.462. The third-order valence-electron chi connectivity index (χ3n) is 3.24. The molecular weight excluding hydrogens is 223 g/mol. The van der Waals surface area contributed by atoms with E-state index in [4.69, 9.17) is 9.47 Å². The molecule has 3 nitrogen and oxygen atoms in total. The fourth-order valence-electron chi connectivity index (χ4n) is 2.28.